The number of alkyl halides is 2. The second-order valence-electron chi connectivity index (χ2n) is 3.89. The van der Waals surface area contributed by atoms with Gasteiger partial charge in [-0.2, -0.15) is 0 Å². The fourth-order valence-electron chi connectivity index (χ4n) is 1.64. The molecular weight excluding hydrogens is 270 g/mol. The quantitative estimate of drug-likeness (QED) is 0.786. The largest absolute Gasteiger partial charge is 0.586 e. The minimum Gasteiger partial charge on any atom is -0.480 e. The van der Waals surface area contributed by atoms with Gasteiger partial charge in [-0.15, -0.1) is 8.78 Å². The van der Waals surface area contributed by atoms with Crippen LogP contribution in [0.15, 0.2) is 43.1 Å². The van der Waals surface area contributed by atoms with Crippen LogP contribution in [0.4, 0.5) is 14.5 Å². The fourth-order valence-corrected chi connectivity index (χ4v) is 1.64. The number of hydrogen-bond donors (Lipinski definition) is 2. The number of nitrogens with one attached hydrogen (secondary N) is 2. The van der Waals surface area contributed by atoms with Gasteiger partial charge in [0.05, 0.1) is 12.3 Å². The van der Waals surface area contributed by atoms with Gasteiger partial charge in [-0.25, -0.2) is 0 Å². The highest BCUT2D eigenvalue weighted by molar-refractivity contribution is 5.66. The van der Waals surface area contributed by atoms with Crippen molar-refractivity contribution in [1.82, 2.24) is 5.32 Å². The number of anilines is 1. The van der Waals surface area contributed by atoms with E-state index in [1.165, 1.54) is 6.07 Å². The highest BCUT2D eigenvalue weighted by Gasteiger charge is 2.44. The molecule has 20 heavy (non-hydrogen) atoms. The maximum Gasteiger partial charge on any atom is 0.586 e. The van der Waals surface area contributed by atoms with Crippen LogP contribution in [-0.2, 0) is 4.74 Å². The molecule has 1 aromatic rings. The average Bonchev–Trinajstić information content (AvgIpc) is 2.64. The van der Waals surface area contributed by atoms with Crippen molar-refractivity contribution >= 4 is 5.69 Å². The van der Waals surface area contributed by atoms with E-state index in [1.807, 2.05) is 0 Å². The van der Waals surface area contributed by atoms with E-state index >= 15 is 0 Å². The van der Waals surface area contributed by atoms with E-state index in [0.29, 0.717) is 24.0 Å². The standard InChI is InChI=1S/C13H14F2N2O3/c1-4-18-9(3)16-8(2)17-10-6-5-7-11-12(10)20-13(14,15)19-11/h5-7,16-17H,2-4H2,1H3. The zero-order chi connectivity index (χ0) is 14.8. The molecule has 1 aromatic carbocycles. The molecule has 108 valence electrons. The van der Waals surface area contributed by atoms with E-state index in [-0.39, 0.29) is 11.5 Å². The molecule has 0 aliphatic carbocycles. The lowest BCUT2D eigenvalue weighted by Gasteiger charge is -2.15. The Bertz CT molecular complexity index is 546. The number of hydrogen-bond acceptors (Lipinski definition) is 5. The smallest absolute Gasteiger partial charge is 0.480 e. The first-order valence-corrected chi connectivity index (χ1v) is 5.85. The van der Waals surface area contributed by atoms with Crippen LogP contribution in [0.25, 0.3) is 0 Å². The minimum atomic E-state index is -3.66. The molecule has 0 radical (unpaired) electrons. The van der Waals surface area contributed by atoms with Crippen molar-refractivity contribution in [3.63, 3.8) is 0 Å². The summed E-state index contributed by atoms with van der Waals surface area (Å²) in [6, 6.07) is 4.49. The predicted molar refractivity (Wildman–Crippen MR) is 69.3 cm³/mol. The Hall–Kier alpha value is -2.44. The molecule has 0 bridgehead atoms. The van der Waals surface area contributed by atoms with Gasteiger partial charge in [-0.1, -0.05) is 12.6 Å². The zero-order valence-electron chi connectivity index (χ0n) is 10.8. The molecule has 0 fully saturated rings. The molecular formula is C13H14F2N2O3. The summed E-state index contributed by atoms with van der Waals surface area (Å²) < 4.78 is 39.9. The Labute approximate surface area is 114 Å². The Morgan fingerprint density at radius 1 is 1.35 bits per heavy atom. The van der Waals surface area contributed by atoms with E-state index < -0.39 is 6.29 Å². The molecule has 0 aromatic heterocycles. The molecule has 1 aliphatic heterocycles. The molecule has 7 heteroatoms. The second kappa shape index (κ2) is 5.28. The molecule has 2 rings (SSSR count). The number of para-hydroxylation sites is 1. The van der Waals surface area contributed by atoms with E-state index in [1.54, 1.807) is 19.1 Å². The predicted octanol–water partition coefficient (Wildman–Crippen LogP) is 2.99. The van der Waals surface area contributed by atoms with Crippen LogP contribution in [0.5, 0.6) is 11.5 Å². The van der Waals surface area contributed by atoms with Crippen molar-refractivity contribution in [2.45, 2.75) is 13.2 Å². The van der Waals surface area contributed by atoms with Gasteiger partial charge >= 0.3 is 6.29 Å². The van der Waals surface area contributed by atoms with Gasteiger partial charge in [-0.05, 0) is 25.6 Å². The van der Waals surface area contributed by atoms with Crippen LogP contribution < -0.4 is 20.1 Å². The van der Waals surface area contributed by atoms with Crippen molar-refractivity contribution in [2.24, 2.45) is 0 Å². The first-order chi connectivity index (χ1) is 9.41. The molecule has 1 aliphatic rings. The van der Waals surface area contributed by atoms with E-state index in [2.05, 4.69) is 33.3 Å². The van der Waals surface area contributed by atoms with Crippen LogP contribution in [0.3, 0.4) is 0 Å². The molecule has 0 atom stereocenters. The van der Waals surface area contributed by atoms with Crippen LogP contribution in [0.1, 0.15) is 6.92 Å². The normalized spacial score (nSPS) is 14.6. The van der Waals surface area contributed by atoms with Crippen molar-refractivity contribution in [2.75, 3.05) is 11.9 Å². The molecule has 0 unspecified atom stereocenters. The summed E-state index contributed by atoms with van der Waals surface area (Å²) in [5.41, 5.74) is 0.293. The highest BCUT2D eigenvalue weighted by atomic mass is 19.3. The Morgan fingerprint density at radius 3 is 2.80 bits per heavy atom. The van der Waals surface area contributed by atoms with E-state index in [9.17, 15) is 8.78 Å². The lowest BCUT2D eigenvalue weighted by Crippen LogP contribution is -2.26. The van der Waals surface area contributed by atoms with E-state index in [4.69, 9.17) is 4.74 Å². The maximum absolute atomic E-state index is 13.0. The van der Waals surface area contributed by atoms with Crippen LogP contribution in [0, 0.1) is 0 Å². The van der Waals surface area contributed by atoms with Crippen LogP contribution in [0.2, 0.25) is 0 Å². The third kappa shape index (κ3) is 3.11. The first kappa shape index (κ1) is 14.0. The molecule has 1 heterocycles. The SMILES string of the molecule is C=C(NC(=C)OCC)Nc1cccc2c1OC(F)(F)O2. The van der Waals surface area contributed by atoms with Crippen LogP contribution >= 0.6 is 0 Å². The number of halogens is 2. The molecule has 0 saturated heterocycles. The second-order valence-corrected chi connectivity index (χ2v) is 3.89. The number of rotatable bonds is 6. The monoisotopic (exact) mass is 284 g/mol. The third-order valence-electron chi connectivity index (χ3n) is 2.32. The summed E-state index contributed by atoms with van der Waals surface area (Å²) in [6.07, 6.45) is -3.66. The van der Waals surface area contributed by atoms with Gasteiger partial charge in [0.15, 0.2) is 17.4 Å². The molecule has 0 spiro atoms. The lowest BCUT2D eigenvalue weighted by atomic mass is 10.2. The number of ether oxygens (including phenoxy) is 3. The van der Waals surface area contributed by atoms with Crippen molar-refractivity contribution in [3.05, 3.63) is 43.1 Å². The summed E-state index contributed by atoms with van der Waals surface area (Å²) in [5, 5.41) is 5.52. The zero-order valence-corrected chi connectivity index (χ0v) is 10.8. The van der Waals surface area contributed by atoms with Gasteiger partial charge in [-0.3, -0.25) is 0 Å². The third-order valence-corrected chi connectivity index (χ3v) is 2.32. The molecule has 2 N–H and O–H groups in total. The highest BCUT2D eigenvalue weighted by Crippen LogP contribution is 2.45. The topological polar surface area (TPSA) is 51.8 Å². The summed E-state index contributed by atoms with van der Waals surface area (Å²) in [4.78, 5) is 0. The van der Waals surface area contributed by atoms with Gasteiger partial charge < -0.3 is 24.8 Å². The van der Waals surface area contributed by atoms with Crippen molar-refractivity contribution < 1.29 is 23.0 Å². The number of benzene rings is 1. The summed E-state index contributed by atoms with van der Waals surface area (Å²) in [7, 11) is 0. The maximum atomic E-state index is 13.0. The molecule has 5 nitrogen and oxygen atoms in total. The summed E-state index contributed by atoms with van der Waals surface area (Å²) in [6.45, 7) is 9.55. The lowest BCUT2D eigenvalue weighted by molar-refractivity contribution is -0.286. The van der Waals surface area contributed by atoms with Crippen molar-refractivity contribution in [3.8, 4) is 11.5 Å². The first-order valence-electron chi connectivity index (χ1n) is 5.85. The minimum absolute atomic E-state index is 0.0450. The van der Waals surface area contributed by atoms with Crippen LogP contribution in [-0.4, -0.2) is 12.9 Å². The van der Waals surface area contributed by atoms with Gasteiger partial charge in [0.25, 0.3) is 0 Å². The van der Waals surface area contributed by atoms with Gasteiger partial charge in [0.1, 0.15) is 5.82 Å². The Balaban J connectivity index is 2.07. The number of fused-ring (bicyclic) bond motifs is 1. The fraction of sp³-hybridized carbons (Fsp3) is 0.231. The van der Waals surface area contributed by atoms with Gasteiger partial charge in [0.2, 0.25) is 0 Å². The summed E-state index contributed by atoms with van der Waals surface area (Å²) in [5.74, 6) is 0.467. The van der Waals surface area contributed by atoms with Crippen molar-refractivity contribution in [1.29, 1.82) is 0 Å². The molecule has 0 saturated carbocycles. The Morgan fingerprint density at radius 2 is 2.10 bits per heavy atom. The van der Waals surface area contributed by atoms with Gasteiger partial charge in [0, 0.05) is 0 Å². The average molecular weight is 284 g/mol. The Kier molecular flexibility index (Phi) is 3.69. The molecule has 0 amide bonds. The summed E-state index contributed by atoms with van der Waals surface area (Å²) >= 11 is 0. The van der Waals surface area contributed by atoms with E-state index in [0.717, 1.165) is 0 Å².